The first-order valence-electron chi connectivity index (χ1n) is 8.29. The highest BCUT2D eigenvalue weighted by Gasteiger charge is 2.11. The minimum Gasteiger partial charge on any atom is -0.393 e. The summed E-state index contributed by atoms with van der Waals surface area (Å²) >= 11 is 0. The van der Waals surface area contributed by atoms with Gasteiger partial charge in [-0.15, -0.1) is 0 Å². The van der Waals surface area contributed by atoms with Crippen LogP contribution in [0.15, 0.2) is 61.2 Å². The Kier molecular flexibility index (Phi) is 5.93. The summed E-state index contributed by atoms with van der Waals surface area (Å²) < 4.78 is 0. The monoisotopic (exact) mass is 378 g/mol. The summed E-state index contributed by atoms with van der Waals surface area (Å²) in [7, 11) is 0. The number of hydrogen-bond donors (Lipinski definition) is 5. The molecule has 10 nitrogen and oxygen atoms in total. The maximum Gasteiger partial charge on any atom is 0.269 e. The number of carbonyl (C=O) groups is 2. The van der Waals surface area contributed by atoms with E-state index in [4.69, 9.17) is 5.73 Å². The summed E-state index contributed by atoms with van der Waals surface area (Å²) in [6.07, 6.45) is 4.46. The van der Waals surface area contributed by atoms with Crippen LogP contribution in [0.5, 0.6) is 0 Å². The normalized spacial score (nSPS) is 10.0. The van der Waals surface area contributed by atoms with Crippen molar-refractivity contribution >= 4 is 29.1 Å². The molecule has 0 radical (unpaired) electrons. The van der Waals surface area contributed by atoms with Gasteiger partial charge in [0.05, 0.1) is 6.42 Å². The van der Waals surface area contributed by atoms with Crippen LogP contribution in [0.2, 0.25) is 0 Å². The van der Waals surface area contributed by atoms with Gasteiger partial charge in [0.15, 0.2) is 11.6 Å². The van der Waals surface area contributed by atoms with Gasteiger partial charge >= 0.3 is 0 Å². The molecule has 28 heavy (non-hydrogen) atoms. The third kappa shape index (κ3) is 4.91. The van der Waals surface area contributed by atoms with E-state index < -0.39 is 0 Å². The molecule has 0 bridgehead atoms. The van der Waals surface area contributed by atoms with Crippen molar-refractivity contribution < 1.29 is 9.59 Å². The molecule has 0 aliphatic carbocycles. The highest BCUT2D eigenvalue weighted by molar-refractivity contribution is 5.95. The largest absolute Gasteiger partial charge is 0.393 e. The Morgan fingerprint density at radius 1 is 0.893 bits per heavy atom. The van der Waals surface area contributed by atoms with Crippen LogP contribution >= 0.6 is 0 Å². The quantitative estimate of drug-likeness (QED) is 0.381. The van der Waals surface area contributed by atoms with E-state index >= 15 is 0 Å². The number of nitrogen functional groups attached to an aromatic ring is 1. The zero-order valence-corrected chi connectivity index (χ0v) is 14.7. The molecule has 0 saturated heterocycles. The lowest BCUT2D eigenvalue weighted by Crippen LogP contribution is -2.33. The first-order valence-corrected chi connectivity index (χ1v) is 8.29. The van der Waals surface area contributed by atoms with Crippen LogP contribution in [0, 0.1) is 0 Å². The van der Waals surface area contributed by atoms with Gasteiger partial charge in [-0.1, -0.05) is 30.3 Å². The molecule has 0 saturated carbocycles. The molecule has 0 spiro atoms. The van der Waals surface area contributed by atoms with Crippen molar-refractivity contribution in [1.82, 2.24) is 25.8 Å². The Balaban J connectivity index is 1.56. The zero-order chi connectivity index (χ0) is 19.8. The number of carbonyl (C=O) groups excluding carboxylic acids is 2. The first-order chi connectivity index (χ1) is 13.6. The second-order valence-corrected chi connectivity index (χ2v) is 5.64. The predicted molar refractivity (Wildman–Crippen MR) is 104 cm³/mol. The number of rotatable bonds is 7. The van der Waals surface area contributed by atoms with E-state index in [0.29, 0.717) is 5.56 Å². The number of anilines is 3. The van der Waals surface area contributed by atoms with E-state index in [2.05, 4.69) is 36.7 Å². The summed E-state index contributed by atoms with van der Waals surface area (Å²) in [5, 5.41) is 0. The number of amides is 2. The molecule has 2 heterocycles. The van der Waals surface area contributed by atoms with Crippen molar-refractivity contribution in [2.75, 3.05) is 16.6 Å². The van der Waals surface area contributed by atoms with E-state index in [-0.39, 0.29) is 35.6 Å². The Hall–Kier alpha value is -4.21. The van der Waals surface area contributed by atoms with Crippen LogP contribution in [-0.2, 0) is 11.2 Å². The number of aromatic nitrogens is 3. The molecule has 0 atom stereocenters. The van der Waals surface area contributed by atoms with Crippen molar-refractivity contribution in [3.05, 3.63) is 72.3 Å². The van der Waals surface area contributed by atoms with Crippen LogP contribution in [0.25, 0.3) is 0 Å². The van der Waals surface area contributed by atoms with Gasteiger partial charge in [0.25, 0.3) is 5.91 Å². The van der Waals surface area contributed by atoms with E-state index in [1.165, 1.54) is 18.7 Å². The van der Waals surface area contributed by atoms with E-state index in [1.54, 1.807) is 12.1 Å². The molecule has 2 aromatic heterocycles. The molecule has 142 valence electrons. The maximum absolute atomic E-state index is 12.0. The first kappa shape index (κ1) is 18.6. The average Bonchev–Trinajstić information content (AvgIpc) is 2.73. The molecule has 0 unspecified atom stereocenters. The number of nitrogens with two attached hydrogens (primary N) is 1. The molecule has 0 fully saturated rings. The number of pyridine rings is 1. The highest BCUT2D eigenvalue weighted by Crippen LogP contribution is 2.20. The van der Waals surface area contributed by atoms with E-state index in [1.807, 2.05) is 30.3 Å². The molecule has 3 aromatic rings. The van der Waals surface area contributed by atoms with Crippen molar-refractivity contribution in [3.8, 4) is 0 Å². The Bertz CT molecular complexity index is 950. The fourth-order valence-corrected chi connectivity index (χ4v) is 2.24. The smallest absolute Gasteiger partial charge is 0.269 e. The lowest BCUT2D eigenvalue weighted by Gasteiger charge is -2.13. The molecule has 1 aromatic carbocycles. The lowest BCUT2D eigenvalue weighted by atomic mass is 10.1. The standard InChI is InChI=1S/C18H18N8O2/c19-15-16(24-23-14(27)10-12-4-2-1-3-5-12)21-11-22-17(15)25-26-18(28)13-6-8-20-9-7-13/h1-9,11H,10,19H2,(H,23,27)(H,26,28)(H2,21,22,24,25). The van der Waals surface area contributed by atoms with Gasteiger partial charge in [-0.2, -0.15) is 0 Å². The molecule has 6 N–H and O–H groups in total. The Morgan fingerprint density at radius 3 is 2.21 bits per heavy atom. The van der Waals surface area contributed by atoms with Gasteiger partial charge in [0, 0.05) is 18.0 Å². The van der Waals surface area contributed by atoms with Crippen LogP contribution in [-0.4, -0.2) is 26.8 Å². The number of hydrogen-bond acceptors (Lipinski definition) is 8. The molecule has 10 heteroatoms. The predicted octanol–water partition coefficient (Wildman–Crippen LogP) is 0.896. The van der Waals surface area contributed by atoms with Crippen molar-refractivity contribution in [2.45, 2.75) is 6.42 Å². The fraction of sp³-hybridized carbons (Fsp3) is 0.0556. The number of hydrazine groups is 2. The molecular weight excluding hydrogens is 360 g/mol. The van der Waals surface area contributed by atoms with Crippen LogP contribution < -0.4 is 27.4 Å². The van der Waals surface area contributed by atoms with Gasteiger partial charge in [-0.05, 0) is 17.7 Å². The highest BCUT2D eigenvalue weighted by atomic mass is 16.2. The van der Waals surface area contributed by atoms with Gasteiger partial charge < -0.3 is 5.73 Å². The van der Waals surface area contributed by atoms with Crippen molar-refractivity contribution in [2.24, 2.45) is 0 Å². The van der Waals surface area contributed by atoms with E-state index in [9.17, 15) is 9.59 Å². The van der Waals surface area contributed by atoms with Crippen molar-refractivity contribution in [1.29, 1.82) is 0 Å². The van der Waals surface area contributed by atoms with E-state index in [0.717, 1.165) is 5.56 Å². The molecule has 0 aliphatic heterocycles. The third-order valence-electron chi connectivity index (χ3n) is 3.65. The van der Waals surface area contributed by atoms with Gasteiger partial charge in [0.1, 0.15) is 12.0 Å². The molecule has 3 rings (SSSR count). The van der Waals surface area contributed by atoms with Gasteiger partial charge in [-0.25, -0.2) is 9.97 Å². The number of nitrogens with zero attached hydrogens (tertiary/aromatic N) is 3. The SMILES string of the molecule is Nc1c(NNC(=O)Cc2ccccc2)ncnc1NNC(=O)c1ccncc1. The summed E-state index contributed by atoms with van der Waals surface area (Å²) in [6, 6.07) is 12.4. The topological polar surface area (TPSA) is 147 Å². The third-order valence-corrected chi connectivity index (χ3v) is 3.65. The fourth-order valence-electron chi connectivity index (χ4n) is 2.24. The summed E-state index contributed by atoms with van der Waals surface area (Å²) in [6.45, 7) is 0. The van der Waals surface area contributed by atoms with Crippen LogP contribution in [0.4, 0.5) is 17.3 Å². The molecular formula is C18H18N8O2. The number of nitrogens with one attached hydrogen (secondary N) is 4. The van der Waals surface area contributed by atoms with Gasteiger partial charge in [0.2, 0.25) is 5.91 Å². The average molecular weight is 378 g/mol. The summed E-state index contributed by atoms with van der Waals surface area (Å²) in [5.41, 5.74) is 17.7. The van der Waals surface area contributed by atoms with Crippen LogP contribution in [0.3, 0.4) is 0 Å². The van der Waals surface area contributed by atoms with Crippen LogP contribution in [0.1, 0.15) is 15.9 Å². The zero-order valence-electron chi connectivity index (χ0n) is 14.7. The second-order valence-electron chi connectivity index (χ2n) is 5.64. The summed E-state index contributed by atoms with van der Waals surface area (Å²) in [5.74, 6) is -0.273. The maximum atomic E-state index is 12.0. The molecule has 2 amide bonds. The van der Waals surface area contributed by atoms with Gasteiger partial charge in [-0.3, -0.25) is 36.3 Å². The minimum absolute atomic E-state index is 0.123. The van der Waals surface area contributed by atoms with Crippen molar-refractivity contribution in [3.63, 3.8) is 0 Å². The Labute approximate surface area is 160 Å². The summed E-state index contributed by atoms with van der Waals surface area (Å²) in [4.78, 5) is 35.9. The molecule has 0 aliphatic rings. The Morgan fingerprint density at radius 2 is 1.54 bits per heavy atom. The lowest BCUT2D eigenvalue weighted by molar-refractivity contribution is -0.119. The number of benzene rings is 1. The second kappa shape index (κ2) is 8.94. The minimum atomic E-state index is -0.383.